The number of fused-ring (bicyclic) bond motifs is 1. The average Bonchev–Trinajstić information content (AvgIpc) is 2.75. The molecule has 0 bridgehead atoms. The first-order valence-corrected chi connectivity index (χ1v) is 8.20. The summed E-state index contributed by atoms with van der Waals surface area (Å²) in [5, 5.41) is 15.8. The van der Waals surface area contributed by atoms with E-state index < -0.39 is 6.10 Å². The lowest BCUT2D eigenvalue weighted by molar-refractivity contribution is -0.121. The number of amides is 1. The highest BCUT2D eigenvalue weighted by Gasteiger charge is 2.17. The number of hydrogen-bond acceptors (Lipinski definition) is 4. The Morgan fingerprint density at radius 2 is 2.04 bits per heavy atom. The molecule has 0 spiro atoms. The molecule has 7 nitrogen and oxygen atoms in total. The van der Waals surface area contributed by atoms with Gasteiger partial charge in [-0.15, -0.1) is 0 Å². The van der Waals surface area contributed by atoms with Crippen molar-refractivity contribution in [2.45, 2.75) is 46.6 Å². The normalized spacial score (nSPS) is 12.8. The van der Waals surface area contributed by atoms with Crippen molar-refractivity contribution in [2.24, 2.45) is 13.0 Å². The van der Waals surface area contributed by atoms with Crippen LogP contribution in [0.15, 0.2) is 4.79 Å². The van der Waals surface area contributed by atoms with Gasteiger partial charge in [-0.05, 0) is 37.3 Å². The van der Waals surface area contributed by atoms with Gasteiger partial charge in [-0.25, -0.2) is 4.98 Å². The summed E-state index contributed by atoms with van der Waals surface area (Å²) in [7, 11) is 1.73. The molecule has 0 aromatic carbocycles. The van der Waals surface area contributed by atoms with Crippen molar-refractivity contribution in [3.63, 3.8) is 0 Å². The number of aliphatic hydroxyl groups is 1. The summed E-state index contributed by atoms with van der Waals surface area (Å²) in [5.74, 6) is 0.190. The van der Waals surface area contributed by atoms with Crippen molar-refractivity contribution in [1.82, 2.24) is 20.1 Å². The third-order valence-electron chi connectivity index (χ3n) is 4.19. The molecule has 0 aliphatic rings. The van der Waals surface area contributed by atoms with Crippen LogP contribution in [0, 0.1) is 19.8 Å². The molecule has 1 atom stereocenters. The van der Waals surface area contributed by atoms with Crippen LogP contribution in [-0.4, -0.2) is 38.4 Å². The van der Waals surface area contributed by atoms with E-state index in [2.05, 4.69) is 15.4 Å². The van der Waals surface area contributed by atoms with Crippen molar-refractivity contribution in [3.8, 4) is 0 Å². The molecule has 0 saturated carbocycles. The topological polar surface area (TPSA) is 100 Å². The maximum Gasteiger partial charge on any atom is 0.273 e. The lowest BCUT2D eigenvalue weighted by atomic mass is 10.0. The predicted molar refractivity (Wildman–Crippen MR) is 93.0 cm³/mol. The van der Waals surface area contributed by atoms with Gasteiger partial charge in [0, 0.05) is 19.3 Å². The summed E-state index contributed by atoms with van der Waals surface area (Å²) < 4.78 is 1.59. The van der Waals surface area contributed by atoms with Crippen molar-refractivity contribution in [2.75, 3.05) is 6.54 Å². The predicted octanol–water partition coefficient (Wildman–Crippen LogP) is 0.944. The smallest absolute Gasteiger partial charge is 0.273 e. The maximum atomic E-state index is 12.2. The number of carbonyl (C=O) groups excluding carboxylic acids is 1. The summed E-state index contributed by atoms with van der Waals surface area (Å²) in [5.41, 5.74) is 2.65. The Morgan fingerprint density at radius 3 is 2.67 bits per heavy atom. The fraction of sp³-hybridized carbons (Fsp3) is 0.588. The molecule has 0 aliphatic heterocycles. The second-order valence-corrected chi connectivity index (χ2v) is 6.76. The third-order valence-corrected chi connectivity index (χ3v) is 4.19. The number of aliphatic hydroxyl groups excluding tert-OH is 1. The second kappa shape index (κ2) is 7.17. The zero-order valence-corrected chi connectivity index (χ0v) is 14.9. The number of nitrogens with zero attached hydrogens (tertiary/aromatic N) is 2. The van der Waals surface area contributed by atoms with E-state index in [1.165, 1.54) is 0 Å². The van der Waals surface area contributed by atoms with Gasteiger partial charge in [0.25, 0.3) is 5.56 Å². The van der Waals surface area contributed by atoms with E-state index in [9.17, 15) is 14.7 Å². The van der Waals surface area contributed by atoms with Gasteiger partial charge < -0.3 is 10.4 Å². The molecular formula is C17H26N4O3. The molecule has 2 aromatic heterocycles. The molecule has 3 N–H and O–H groups in total. The van der Waals surface area contributed by atoms with E-state index in [0.717, 1.165) is 16.8 Å². The van der Waals surface area contributed by atoms with Crippen LogP contribution in [0.4, 0.5) is 0 Å². The molecule has 2 rings (SSSR count). The number of nitrogens with one attached hydrogen (secondary N) is 2. The number of aryl methyl sites for hydroxylation is 3. The van der Waals surface area contributed by atoms with Crippen LogP contribution in [0.25, 0.3) is 11.0 Å². The van der Waals surface area contributed by atoms with Crippen molar-refractivity contribution in [1.29, 1.82) is 0 Å². The van der Waals surface area contributed by atoms with Crippen LogP contribution in [0.1, 0.15) is 37.1 Å². The summed E-state index contributed by atoms with van der Waals surface area (Å²) in [6.45, 7) is 7.95. The Hall–Kier alpha value is -2.15. The molecule has 7 heteroatoms. The van der Waals surface area contributed by atoms with Gasteiger partial charge in [-0.1, -0.05) is 13.8 Å². The standard InChI is InChI=1S/C17H26N4O3/c1-9(2)6-12(22)8-18-14(23)7-13-10(3)15-16(19-11(13)4)21(5)20-17(15)24/h9,12,22H,6-8H2,1-5H3,(H,18,23)(H,20,24). The van der Waals surface area contributed by atoms with E-state index in [1.54, 1.807) is 11.7 Å². The van der Waals surface area contributed by atoms with Crippen LogP contribution in [0.2, 0.25) is 0 Å². The largest absolute Gasteiger partial charge is 0.391 e. The van der Waals surface area contributed by atoms with Crippen LogP contribution in [0.3, 0.4) is 0 Å². The SMILES string of the molecule is Cc1nc2c(c(C)c1CC(=O)NCC(O)CC(C)C)c(=O)[nH]n2C. The number of aromatic amines is 1. The highest BCUT2D eigenvalue weighted by Crippen LogP contribution is 2.20. The van der Waals surface area contributed by atoms with Crippen LogP contribution in [0.5, 0.6) is 0 Å². The van der Waals surface area contributed by atoms with Gasteiger partial charge in [0.2, 0.25) is 5.91 Å². The monoisotopic (exact) mass is 334 g/mol. The number of rotatable bonds is 6. The number of H-pyrrole nitrogens is 1. The summed E-state index contributed by atoms with van der Waals surface area (Å²) in [6.07, 6.45) is 0.239. The summed E-state index contributed by atoms with van der Waals surface area (Å²) in [6, 6.07) is 0. The minimum Gasteiger partial charge on any atom is -0.391 e. The lowest BCUT2D eigenvalue weighted by Gasteiger charge is -2.15. The van der Waals surface area contributed by atoms with Gasteiger partial charge in [-0.2, -0.15) is 0 Å². The first-order chi connectivity index (χ1) is 11.2. The minimum absolute atomic E-state index is 0.142. The second-order valence-electron chi connectivity index (χ2n) is 6.76. The molecule has 0 radical (unpaired) electrons. The van der Waals surface area contributed by atoms with Gasteiger partial charge in [0.15, 0.2) is 5.65 Å². The zero-order valence-electron chi connectivity index (χ0n) is 14.9. The molecule has 0 saturated heterocycles. The van der Waals surface area contributed by atoms with Gasteiger partial charge in [0.1, 0.15) is 0 Å². The Bertz CT molecular complexity index is 804. The van der Waals surface area contributed by atoms with Crippen molar-refractivity contribution >= 4 is 16.9 Å². The highest BCUT2D eigenvalue weighted by molar-refractivity contribution is 5.84. The Kier molecular flexibility index (Phi) is 5.43. The van der Waals surface area contributed by atoms with Crippen LogP contribution in [-0.2, 0) is 18.3 Å². The Labute approximate surface area is 141 Å². The maximum absolute atomic E-state index is 12.2. The van der Waals surface area contributed by atoms with Gasteiger partial charge >= 0.3 is 0 Å². The van der Waals surface area contributed by atoms with E-state index in [-0.39, 0.29) is 24.4 Å². The third kappa shape index (κ3) is 3.84. The molecule has 2 heterocycles. The van der Waals surface area contributed by atoms with Crippen LogP contribution >= 0.6 is 0 Å². The fourth-order valence-corrected chi connectivity index (χ4v) is 2.99. The van der Waals surface area contributed by atoms with E-state index in [1.807, 2.05) is 27.7 Å². The number of pyridine rings is 1. The molecule has 2 aromatic rings. The Balaban J connectivity index is 2.16. The fourth-order valence-electron chi connectivity index (χ4n) is 2.99. The van der Waals surface area contributed by atoms with Crippen LogP contribution < -0.4 is 10.9 Å². The number of hydrogen-bond donors (Lipinski definition) is 3. The van der Waals surface area contributed by atoms with Crippen molar-refractivity contribution < 1.29 is 9.90 Å². The van der Waals surface area contributed by atoms with E-state index in [4.69, 9.17) is 0 Å². The molecule has 1 unspecified atom stereocenters. The molecule has 0 aliphatic carbocycles. The lowest BCUT2D eigenvalue weighted by Crippen LogP contribution is -2.34. The minimum atomic E-state index is -0.547. The van der Waals surface area contributed by atoms with Crippen molar-refractivity contribution in [3.05, 3.63) is 27.2 Å². The molecular weight excluding hydrogens is 308 g/mol. The first kappa shape index (κ1) is 18.2. The summed E-state index contributed by atoms with van der Waals surface area (Å²) in [4.78, 5) is 28.7. The zero-order chi connectivity index (χ0) is 18.0. The Morgan fingerprint density at radius 1 is 1.38 bits per heavy atom. The molecule has 1 amide bonds. The summed E-state index contributed by atoms with van der Waals surface area (Å²) >= 11 is 0. The van der Waals surface area contributed by atoms with Gasteiger partial charge in [0.05, 0.1) is 17.9 Å². The number of carbonyl (C=O) groups is 1. The number of aromatic nitrogens is 3. The van der Waals surface area contributed by atoms with E-state index in [0.29, 0.717) is 23.4 Å². The first-order valence-electron chi connectivity index (χ1n) is 8.20. The van der Waals surface area contributed by atoms with Gasteiger partial charge in [-0.3, -0.25) is 19.4 Å². The quantitative estimate of drug-likeness (QED) is 0.732. The molecule has 132 valence electrons. The average molecular weight is 334 g/mol. The molecule has 24 heavy (non-hydrogen) atoms. The van der Waals surface area contributed by atoms with E-state index >= 15 is 0 Å². The highest BCUT2D eigenvalue weighted by atomic mass is 16.3. The molecule has 0 fully saturated rings.